The largest absolute Gasteiger partial charge is 0.493 e. The number of aromatic nitrogens is 4. The maximum Gasteiger partial charge on any atom is 0.328 e. The average molecular weight is 422 g/mol. The summed E-state index contributed by atoms with van der Waals surface area (Å²) in [5.41, 5.74) is -0.330. The average Bonchev–Trinajstić information content (AvgIpc) is 3.25. The quantitative estimate of drug-likeness (QED) is 0.447. The molecular formula is C21H18N4O6. The van der Waals surface area contributed by atoms with Gasteiger partial charge in [-0.25, -0.2) is 4.68 Å². The molecule has 0 atom stereocenters. The maximum absolute atomic E-state index is 12.5. The van der Waals surface area contributed by atoms with Crippen molar-refractivity contribution in [3.8, 4) is 17.1 Å². The smallest absolute Gasteiger partial charge is 0.328 e. The van der Waals surface area contributed by atoms with Gasteiger partial charge in [-0.2, -0.15) is 4.98 Å². The molecule has 10 heteroatoms. The normalized spacial score (nSPS) is 10.9. The van der Waals surface area contributed by atoms with Gasteiger partial charge in [0.25, 0.3) is 17.0 Å². The second-order valence-corrected chi connectivity index (χ2v) is 6.48. The minimum atomic E-state index is -0.748. The molecule has 2 aromatic heterocycles. The molecule has 31 heavy (non-hydrogen) atoms. The highest BCUT2D eigenvalue weighted by Gasteiger charge is 2.16. The number of fused-ring (bicyclic) bond motifs is 1. The van der Waals surface area contributed by atoms with E-state index in [9.17, 15) is 14.4 Å². The Morgan fingerprint density at radius 3 is 2.65 bits per heavy atom. The number of aromatic amines is 1. The van der Waals surface area contributed by atoms with Gasteiger partial charge in [0.1, 0.15) is 12.3 Å². The Labute approximate surface area is 175 Å². The Kier molecular flexibility index (Phi) is 5.61. The number of nitrogens with zero attached hydrogens (tertiary/aromatic N) is 3. The minimum absolute atomic E-state index is 0.0778. The highest BCUT2D eigenvalue weighted by Crippen LogP contribution is 2.27. The van der Waals surface area contributed by atoms with Gasteiger partial charge in [-0.3, -0.25) is 19.5 Å². The first kappa shape index (κ1) is 20.1. The van der Waals surface area contributed by atoms with Gasteiger partial charge in [0.05, 0.1) is 22.9 Å². The molecule has 2 aromatic carbocycles. The number of rotatable bonds is 7. The fraction of sp³-hybridized carbons (Fsp3) is 0.190. The van der Waals surface area contributed by atoms with Crippen molar-refractivity contribution in [1.82, 2.24) is 19.9 Å². The summed E-state index contributed by atoms with van der Waals surface area (Å²) in [6, 6.07) is 13.6. The molecule has 1 N–H and O–H groups in total. The van der Waals surface area contributed by atoms with E-state index in [2.05, 4.69) is 15.2 Å². The Balaban J connectivity index is 1.45. The maximum atomic E-state index is 12.5. The Bertz CT molecular complexity index is 1350. The third-order valence-electron chi connectivity index (χ3n) is 4.42. The highest BCUT2D eigenvalue weighted by molar-refractivity contribution is 5.80. The molecule has 158 valence electrons. The van der Waals surface area contributed by atoms with Crippen molar-refractivity contribution < 1.29 is 18.8 Å². The van der Waals surface area contributed by atoms with Crippen LogP contribution in [0.3, 0.4) is 0 Å². The van der Waals surface area contributed by atoms with Crippen LogP contribution in [-0.2, 0) is 22.7 Å². The van der Waals surface area contributed by atoms with Gasteiger partial charge >= 0.3 is 5.97 Å². The predicted molar refractivity (Wildman–Crippen MR) is 110 cm³/mol. The van der Waals surface area contributed by atoms with Gasteiger partial charge < -0.3 is 14.0 Å². The summed E-state index contributed by atoms with van der Waals surface area (Å²) in [5.74, 6) is 0.232. The van der Waals surface area contributed by atoms with Crippen molar-refractivity contribution >= 4 is 16.7 Å². The molecule has 4 aromatic rings. The molecule has 0 aliphatic carbocycles. The number of carbonyl (C=O) groups excluding carboxylic acids is 1. The van der Waals surface area contributed by atoms with Crippen molar-refractivity contribution in [2.75, 3.05) is 6.61 Å². The van der Waals surface area contributed by atoms with Gasteiger partial charge in [0.15, 0.2) is 6.61 Å². The molecule has 0 spiro atoms. The Hall–Kier alpha value is -4.21. The van der Waals surface area contributed by atoms with E-state index in [0.717, 1.165) is 4.68 Å². The molecule has 0 aliphatic rings. The van der Waals surface area contributed by atoms with Gasteiger partial charge in [0, 0.05) is 0 Å². The fourth-order valence-corrected chi connectivity index (χ4v) is 3.03. The molecular weight excluding hydrogens is 404 g/mol. The number of hydrogen-bond donors (Lipinski definition) is 1. The van der Waals surface area contributed by atoms with Crippen LogP contribution in [0.25, 0.3) is 22.2 Å². The molecule has 10 nitrogen and oxygen atoms in total. The van der Waals surface area contributed by atoms with Crippen molar-refractivity contribution in [1.29, 1.82) is 0 Å². The van der Waals surface area contributed by atoms with E-state index in [1.165, 1.54) is 12.1 Å². The molecule has 4 rings (SSSR count). The first-order valence-electron chi connectivity index (χ1n) is 9.49. The van der Waals surface area contributed by atoms with Crippen LogP contribution in [0.5, 0.6) is 5.75 Å². The minimum Gasteiger partial charge on any atom is -0.493 e. The number of ether oxygens (including phenoxy) is 2. The van der Waals surface area contributed by atoms with Crippen LogP contribution in [0.15, 0.2) is 62.6 Å². The first-order chi connectivity index (χ1) is 15.1. The van der Waals surface area contributed by atoms with Gasteiger partial charge in [-0.15, -0.1) is 0 Å². The Morgan fingerprint density at radius 1 is 1.10 bits per heavy atom. The topological polar surface area (TPSA) is 129 Å². The molecule has 0 fully saturated rings. The lowest BCUT2D eigenvalue weighted by Gasteiger charge is -2.06. The van der Waals surface area contributed by atoms with Crippen molar-refractivity contribution in [2.45, 2.75) is 20.1 Å². The molecule has 0 bridgehead atoms. The van der Waals surface area contributed by atoms with Crippen LogP contribution in [0.1, 0.15) is 12.8 Å². The van der Waals surface area contributed by atoms with E-state index in [1.54, 1.807) is 24.3 Å². The second kappa shape index (κ2) is 8.66. The third kappa shape index (κ3) is 4.22. The number of H-pyrrole nitrogens is 1. The van der Waals surface area contributed by atoms with Crippen molar-refractivity contribution in [3.63, 3.8) is 0 Å². The summed E-state index contributed by atoms with van der Waals surface area (Å²) in [5, 5.41) is 6.73. The summed E-state index contributed by atoms with van der Waals surface area (Å²) in [6.45, 7) is 1.60. The van der Waals surface area contributed by atoms with E-state index in [4.69, 9.17) is 14.0 Å². The van der Waals surface area contributed by atoms with Crippen LogP contribution in [0.4, 0.5) is 0 Å². The van der Waals surface area contributed by atoms with Crippen molar-refractivity contribution in [3.05, 3.63) is 75.1 Å². The summed E-state index contributed by atoms with van der Waals surface area (Å²) in [4.78, 5) is 41.0. The summed E-state index contributed by atoms with van der Waals surface area (Å²) >= 11 is 0. The number of nitrogens with one attached hydrogen (secondary N) is 1. The second-order valence-electron chi connectivity index (χ2n) is 6.48. The monoisotopic (exact) mass is 422 g/mol. The number of esters is 1. The van der Waals surface area contributed by atoms with Crippen LogP contribution in [0, 0.1) is 0 Å². The fourth-order valence-electron chi connectivity index (χ4n) is 3.03. The molecule has 0 saturated carbocycles. The molecule has 0 aliphatic heterocycles. The molecule has 0 unspecified atom stereocenters. The highest BCUT2D eigenvalue weighted by atomic mass is 16.6. The third-order valence-corrected chi connectivity index (χ3v) is 4.42. The molecule has 0 saturated heterocycles. The first-order valence-corrected chi connectivity index (χ1v) is 9.49. The number of benzene rings is 2. The standard InChI is InChI=1S/C21H18N4O6/c1-2-29-16-10-6-5-9-15(16)19-22-17(31-24-19)12-30-18(26)11-25-21(28)14-8-4-3-7-13(14)20(27)23-25/h3-10H,2,11-12H2,1H3,(H,23,27). The zero-order chi connectivity index (χ0) is 21.8. The van der Waals surface area contributed by atoms with Crippen LogP contribution in [-0.4, -0.2) is 32.5 Å². The molecule has 0 amide bonds. The number of carbonyl (C=O) groups is 1. The lowest BCUT2D eigenvalue weighted by atomic mass is 10.2. The van der Waals surface area contributed by atoms with Gasteiger partial charge in [-0.1, -0.05) is 29.4 Å². The van der Waals surface area contributed by atoms with E-state index in [0.29, 0.717) is 23.7 Å². The van der Waals surface area contributed by atoms with Crippen molar-refractivity contribution in [2.24, 2.45) is 0 Å². The van der Waals surface area contributed by atoms with E-state index in [-0.39, 0.29) is 23.3 Å². The zero-order valence-electron chi connectivity index (χ0n) is 16.5. The van der Waals surface area contributed by atoms with Crippen LogP contribution < -0.4 is 15.9 Å². The number of para-hydroxylation sites is 1. The molecule has 2 heterocycles. The van der Waals surface area contributed by atoms with E-state index >= 15 is 0 Å². The van der Waals surface area contributed by atoms with E-state index in [1.807, 2.05) is 19.1 Å². The summed E-state index contributed by atoms with van der Waals surface area (Å²) < 4.78 is 16.7. The lowest BCUT2D eigenvalue weighted by Crippen LogP contribution is -2.32. The van der Waals surface area contributed by atoms with Crippen LogP contribution >= 0.6 is 0 Å². The SMILES string of the molecule is CCOc1ccccc1-c1noc(COC(=O)Cn2[nH]c(=O)c3ccccc3c2=O)n1. The van der Waals surface area contributed by atoms with Gasteiger partial charge in [-0.05, 0) is 31.2 Å². The number of hydrogen-bond acceptors (Lipinski definition) is 8. The zero-order valence-corrected chi connectivity index (χ0v) is 16.5. The van der Waals surface area contributed by atoms with Gasteiger partial charge in [0.2, 0.25) is 5.82 Å². The lowest BCUT2D eigenvalue weighted by molar-refractivity contribution is -0.146. The summed E-state index contributed by atoms with van der Waals surface area (Å²) in [7, 11) is 0. The predicted octanol–water partition coefficient (Wildman–Crippen LogP) is 1.88. The molecule has 0 radical (unpaired) electrons. The summed E-state index contributed by atoms with van der Waals surface area (Å²) in [6.07, 6.45) is 0. The Morgan fingerprint density at radius 2 is 1.84 bits per heavy atom. The van der Waals surface area contributed by atoms with Crippen LogP contribution in [0.2, 0.25) is 0 Å². The van der Waals surface area contributed by atoms with E-state index < -0.39 is 23.6 Å².